The number of para-hydroxylation sites is 2. The minimum atomic E-state index is -2.80. The number of hydrogen-bond acceptors (Lipinski definition) is 2. The molecule has 0 fully saturated rings. The average molecular weight is 607 g/mol. The molecule has 0 unspecified atom stereocenters. The van der Waals surface area contributed by atoms with Crippen molar-refractivity contribution in [2.75, 3.05) is 4.90 Å². The molecule has 0 bridgehead atoms. The number of aromatic nitrogens is 1. The SMILES string of the molecule is c1ccc([Si]2(c3ccccc3)c3ccccc3N3c4ncccc4[Si](c4ccccc4)(c4ccccc4)c4cccc2c43)cc1. The first-order chi connectivity index (χ1) is 22.4. The van der Waals surface area contributed by atoms with E-state index in [1.165, 1.54) is 52.9 Å². The Labute approximate surface area is 266 Å². The number of anilines is 3. The van der Waals surface area contributed by atoms with Crippen molar-refractivity contribution in [1.29, 1.82) is 0 Å². The second-order valence-corrected chi connectivity index (χ2v) is 19.4. The Bertz CT molecular complexity index is 1940. The third-order valence-corrected chi connectivity index (χ3v) is 19.5. The largest absolute Gasteiger partial charge is 0.295 e. The average Bonchev–Trinajstić information content (AvgIpc) is 3.13. The third kappa shape index (κ3) is 3.46. The number of rotatable bonds is 4. The minimum Gasteiger partial charge on any atom is -0.295 e. The summed E-state index contributed by atoms with van der Waals surface area (Å²) in [6, 6.07) is 65.8. The van der Waals surface area contributed by atoms with Crippen LogP contribution in [0.5, 0.6) is 0 Å². The molecule has 2 aliphatic heterocycles. The van der Waals surface area contributed by atoms with Gasteiger partial charge in [0, 0.05) is 17.6 Å². The van der Waals surface area contributed by atoms with Crippen molar-refractivity contribution in [3.63, 3.8) is 0 Å². The maximum Gasteiger partial charge on any atom is 0.186 e. The number of fused-ring (bicyclic) bond motifs is 4. The van der Waals surface area contributed by atoms with Gasteiger partial charge in [-0.1, -0.05) is 164 Å². The highest BCUT2D eigenvalue weighted by Crippen LogP contribution is 2.40. The number of benzene rings is 6. The summed E-state index contributed by atoms with van der Waals surface area (Å²) >= 11 is 0. The molecule has 0 radical (unpaired) electrons. The molecule has 45 heavy (non-hydrogen) atoms. The highest BCUT2D eigenvalue weighted by atomic mass is 28.3. The molecule has 0 spiro atoms. The Morgan fingerprint density at radius 3 is 1.27 bits per heavy atom. The van der Waals surface area contributed by atoms with Crippen LogP contribution < -0.4 is 46.4 Å². The van der Waals surface area contributed by atoms with E-state index in [-0.39, 0.29) is 0 Å². The highest BCUT2D eigenvalue weighted by Gasteiger charge is 2.56. The molecular formula is C41H30N2Si2. The van der Waals surface area contributed by atoms with Crippen LogP contribution in [-0.4, -0.2) is 21.1 Å². The Morgan fingerprint density at radius 1 is 0.356 bits per heavy atom. The molecule has 2 nitrogen and oxygen atoms in total. The Balaban J connectivity index is 1.52. The van der Waals surface area contributed by atoms with E-state index in [9.17, 15) is 0 Å². The van der Waals surface area contributed by atoms with Gasteiger partial charge in [0.2, 0.25) is 0 Å². The summed E-state index contributed by atoms with van der Waals surface area (Å²) in [7, 11) is -5.56. The standard InChI is InChI=1S/C41H30N2Si2/c1-5-17-31(18-6-1)44(32-19-7-2-8-20-32)36-26-14-13-25-35(36)43-40-37(44)27-15-28-38(40)45(33-21-9-3-10-22-33,34-23-11-4-12-24-34)39-29-16-30-42-41(39)43/h1-30H. The van der Waals surface area contributed by atoms with Gasteiger partial charge in [-0.25, -0.2) is 4.98 Å². The van der Waals surface area contributed by atoms with E-state index in [4.69, 9.17) is 4.98 Å². The van der Waals surface area contributed by atoms with Crippen molar-refractivity contribution in [2.45, 2.75) is 0 Å². The van der Waals surface area contributed by atoms with E-state index in [2.05, 4.69) is 181 Å². The smallest absolute Gasteiger partial charge is 0.186 e. The van der Waals surface area contributed by atoms with E-state index in [0.29, 0.717) is 0 Å². The lowest BCUT2D eigenvalue weighted by Gasteiger charge is -2.51. The molecule has 1 aromatic heterocycles. The maximum absolute atomic E-state index is 5.26. The van der Waals surface area contributed by atoms with E-state index >= 15 is 0 Å². The second-order valence-electron chi connectivity index (χ2n) is 11.9. The van der Waals surface area contributed by atoms with Crippen molar-refractivity contribution < 1.29 is 0 Å². The molecule has 0 aliphatic carbocycles. The van der Waals surface area contributed by atoms with E-state index < -0.39 is 16.1 Å². The first kappa shape index (κ1) is 26.1. The van der Waals surface area contributed by atoms with Gasteiger partial charge in [-0.15, -0.1) is 0 Å². The van der Waals surface area contributed by atoms with Crippen molar-refractivity contribution in [3.8, 4) is 0 Å². The van der Waals surface area contributed by atoms with Crippen LogP contribution in [0.15, 0.2) is 182 Å². The van der Waals surface area contributed by atoms with Crippen LogP contribution in [0, 0.1) is 0 Å². The summed E-state index contributed by atoms with van der Waals surface area (Å²) in [4.78, 5) is 7.76. The quantitative estimate of drug-likeness (QED) is 0.283. The van der Waals surface area contributed by atoms with E-state index in [0.717, 1.165) is 5.82 Å². The van der Waals surface area contributed by atoms with E-state index in [1.54, 1.807) is 0 Å². The summed E-state index contributed by atoms with van der Waals surface area (Å²) in [5.74, 6) is 1.05. The van der Waals surface area contributed by atoms with Crippen LogP contribution in [0.25, 0.3) is 0 Å². The molecule has 2 aliphatic rings. The lowest BCUT2D eigenvalue weighted by Crippen LogP contribution is -2.82. The topological polar surface area (TPSA) is 16.1 Å². The van der Waals surface area contributed by atoms with Crippen LogP contribution in [0.4, 0.5) is 17.2 Å². The van der Waals surface area contributed by atoms with Crippen molar-refractivity contribution in [1.82, 2.24) is 4.98 Å². The van der Waals surface area contributed by atoms with Gasteiger partial charge < -0.3 is 0 Å². The summed E-state index contributed by atoms with van der Waals surface area (Å²) in [6.45, 7) is 0. The molecule has 7 aromatic rings. The molecule has 9 rings (SSSR count). The first-order valence-corrected chi connectivity index (χ1v) is 19.6. The van der Waals surface area contributed by atoms with Gasteiger partial charge in [-0.2, -0.15) is 0 Å². The molecule has 6 aromatic carbocycles. The summed E-state index contributed by atoms with van der Waals surface area (Å²) in [6.07, 6.45) is 1.97. The molecular weight excluding hydrogens is 577 g/mol. The lowest BCUT2D eigenvalue weighted by molar-refractivity contribution is 1.19. The summed E-state index contributed by atoms with van der Waals surface area (Å²) in [5, 5.41) is 11.1. The van der Waals surface area contributed by atoms with E-state index in [1.807, 2.05) is 6.20 Å². The monoisotopic (exact) mass is 606 g/mol. The third-order valence-electron chi connectivity index (χ3n) is 9.85. The normalized spacial score (nSPS) is 15.0. The molecule has 0 atom stereocenters. The predicted octanol–water partition coefficient (Wildman–Crippen LogP) is 3.93. The van der Waals surface area contributed by atoms with Crippen molar-refractivity contribution in [2.24, 2.45) is 0 Å². The predicted molar refractivity (Wildman–Crippen MR) is 193 cm³/mol. The number of nitrogens with zero attached hydrogens (tertiary/aromatic N) is 2. The molecule has 3 heterocycles. The molecule has 0 N–H and O–H groups in total. The molecule has 0 amide bonds. The molecule has 212 valence electrons. The number of hydrogen-bond donors (Lipinski definition) is 0. The van der Waals surface area contributed by atoms with Crippen LogP contribution >= 0.6 is 0 Å². The van der Waals surface area contributed by atoms with Gasteiger partial charge in [0.05, 0.1) is 0 Å². The second kappa shape index (κ2) is 10.1. The Hall–Kier alpha value is -5.30. The van der Waals surface area contributed by atoms with Crippen molar-refractivity contribution in [3.05, 3.63) is 182 Å². The molecule has 0 saturated carbocycles. The Kier molecular flexibility index (Phi) is 5.88. The summed E-state index contributed by atoms with van der Waals surface area (Å²) < 4.78 is 0. The van der Waals surface area contributed by atoms with Crippen LogP contribution in [0.2, 0.25) is 0 Å². The zero-order chi connectivity index (χ0) is 29.8. The Morgan fingerprint density at radius 2 is 0.756 bits per heavy atom. The molecule has 0 saturated heterocycles. The zero-order valence-electron chi connectivity index (χ0n) is 24.7. The van der Waals surface area contributed by atoms with Crippen LogP contribution in [-0.2, 0) is 0 Å². The van der Waals surface area contributed by atoms with Gasteiger partial charge in [0.1, 0.15) is 5.82 Å². The molecule has 4 heteroatoms. The highest BCUT2D eigenvalue weighted by molar-refractivity contribution is 7.24. The van der Waals surface area contributed by atoms with Crippen molar-refractivity contribution >= 4 is 74.8 Å². The fourth-order valence-electron chi connectivity index (χ4n) is 8.20. The van der Waals surface area contributed by atoms with Gasteiger partial charge >= 0.3 is 0 Å². The van der Waals surface area contributed by atoms with Gasteiger partial charge in [0.15, 0.2) is 16.1 Å². The lowest BCUT2D eigenvalue weighted by atomic mass is 10.2. The minimum absolute atomic E-state index is 1.05. The summed E-state index contributed by atoms with van der Waals surface area (Å²) in [5.41, 5.74) is 2.56. The fourth-order valence-corrected chi connectivity index (χ4v) is 18.5. The maximum atomic E-state index is 5.26. The number of pyridine rings is 1. The fraction of sp³-hybridized carbons (Fsp3) is 0. The van der Waals surface area contributed by atoms with Crippen LogP contribution in [0.3, 0.4) is 0 Å². The van der Waals surface area contributed by atoms with Gasteiger partial charge in [0.25, 0.3) is 0 Å². The first-order valence-electron chi connectivity index (χ1n) is 15.6. The van der Waals surface area contributed by atoms with Crippen LogP contribution in [0.1, 0.15) is 0 Å². The zero-order valence-corrected chi connectivity index (χ0v) is 26.7. The van der Waals surface area contributed by atoms with Gasteiger partial charge in [-0.05, 0) is 53.6 Å². The van der Waals surface area contributed by atoms with Gasteiger partial charge in [-0.3, -0.25) is 4.90 Å².